The summed E-state index contributed by atoms with van der Waals surface area (Å²) >= 11 is 0. The number of rotatable bonds is 3. The topological polar surface area (TPSA) is 28.1 Å². The Morgan fingerprint density at radius 2 is 2.05 bits per heavy atom. The summed E-state index contributed by atoms with van der Waals surface area (Å²) in [6.07, 6.45) is 4.63. The van der Waals surface area contributed by atoms with Crippen LogP contribution in [-0.2, 0) is 6.42 Å². The first-order valence-electron chi connectivity index (χ1n) is 8.36. The third kappa shape index (κ3) is 1.98. The number of hydrogen-bond acceptors (Lipinski definition) is 1. The van der Waals surface area contributed by atoms with Crippen LogP contribution in [-0.4, -0.2) is 17.2 Å². The van der Waals surface area contributed by atoms with E-state index in [2.05, 4.69) is 49.2 Å². The van der Waals surface area contributed by atoms with Gasteiger partial charge in [-0.25, -0.2) is 0 Å². The zero-order chi connectivity index (χ0) is 15.1. The van der Waals surface area contributed by atoms with Crippen LogP contribution in [0, 0.1) is 6.92 Å². The van der Waals surface area contributed by atoms with E-state index in [4.69, 9.17) is 4.99 Å². The maximum Gasteiger partial charge on any atom is 0.0497 e. The van der Waals surface area contributed by atoms with Gasteiger partial charge in [0.1, 0.15) is 0 Å². The van der Waals surface area contributed by atoms with Gasteiger partial charge in [0.05, 0.1) is 0 Å². The van der Waals surface area contributed by atoms with Crippen molar-refractivity contribution in [2.75, 3.05) is 6.54 Å². The van der Waals surface area contributed by atoms with Gasteiger partial charge < -0.3 is 4.98 Å². The van der Waals surface area contributed by atoms with Gasteiger partial charge in [0.2, 0.25) is 0 Å². The molecule has 4 rings (SSSR count). The summed E-state index contributed by atoms with van der Waals surface area (Å²) in [6, 6.07) is 11.0. The molecule has 2 heteroatoms. The minimum absolute atomic E-state index is 0.943. The molecule has 1 N–H and O–H groups in total. The number of H-pyrrole nitrogens is 1. The molecule has 0 unspecified atom stereocenters. The van der Waals surface area contributed by atoms with Crippen molar-refractivity contribution in [3.63, 3.8) is 0 Å². The third-order valence-electron chi connectivity index (χ3n) is 4.93. The molecule has 0 amide bonds. The summed E-state index contributed by atoms with van der Waals surface area (Å²) in [5.74, 6) is 0. The summed E-state index contributed by atoms with van der Waals surface area (Å²) in [4.78, 5) is 8.44. The van der Waals surface area contributed by atoms with Crippen molar-refractivity contribution in [1.29, 1.82) is 0 Å². The molecule has 0 saturated heterocycles. The number of hydrogen-bond donors (Lipinski definition) is 1. The van der Waals surface area contributed by atoms with Gasteiger partial charge in [0, 0.05) is 34.1 Å². The van der Waals surface area contributed by atoms with E-state index in [9.17, 15) is 0 Å². The average Bonchev–Trinajstić information content (AvgIpc) is 2.92. The number of nitrogens with one attached hydrogen (secondary N) is 1. The smallest absolute Gasteiger partial charge is 0.0497 e. The Labute approximate surface area is 131 Å². The maximum absolute atomic E-state index is 4.83. The predicted octanol–water partition coefficient (Wildman–Crippen LogP) is 5.16. The number of benzene rings is 2. The standard InChI is InChI=1S/C20H22N2/c1-3-4-8-18-16-12-17-15-7-5-6-9-19(15)22-20(17)13(2)14(16)10-11-21-18/h5-7,9,12,22H,3-4,8,10-11H2,1-2H3. The lowest BCUT2D eigenvalue weighted by Gasteiger charge is -2.20. The average molecular weight is 290 g/mol. The number of aliphatic imine (C=N–C) groups is 1. The van der Waals surface area contributed by atoms with E-state index in [1.165, 1.54) is 57.0 Å². The normalized spacial score (nSPS) is 14.4. The third-order valence-corrected chi connectivity index (χ3v) is 4.93. The molecular weight excluding hydrogens is 268 g/mol. The van der Waals surface area contributed by atoms with Crippen LogP contribution in [0.2, 0.25) is 0 Å². The van der Waals surface area contributed by atoms with Crippen LogP contribution < -0.4 is 0 Å². The van der Waals surface area contributed by atoms with Crippen molar-refractivity contribution in [2.24, 2.45) is 4.99 Å². The second-order valence-corrected chi connectivity index (χ2v) is 6.30. The molecule has 112 valence electrons. The highest BCUT2D eigenvalue weighted by Gasteiger charge is 2.19. The molecule has 0 aliphatic carbocycles. The molecule has 0 saturated carbocycles. The molecule has 1 aliphatic rings. The highest BCUT2D eigenvalue weighted by atomic mass is 14.8. The number of unbranched alkanes of at least 4 members (excludes halogenated alkanes) is 1. The quantitative estimate of drug-likeness (QED) is 0.689. The van der Waals surface area contributed by atoms with Crippen molar-refractivity contribution in [3.05, 3.63) is 47.0 Å². The van der Waals surface area contributed by atoms with E-state index >= 15 is 0 Å². The van der Waals surface area contributed by atoms with Crippen molar-refractivity contribution >= 4 is 27.5 Å². The second-order valence-electron chi connectivity index (χ2n) is 6.30. The Kier molecular flexibility index (Phi) is 3.25. The number of fused-ring (bicyclic) bond motifs is 4. The largest absolute Gasteiger partial charge is 0.354 e. The van der Waals surface area contributed by atoms with Gasteiger partial charge in [-0.15, -0.1) is 0 Å². The van der Waals surface area contributed by atoms with E-state index in [0.717, 1.165) is 19.4 Å². The van der Waals surface area contributed by atoms with E-state index in [1.807, 2.05) is 0 Å². The van der Waals surface area contributed by atoms with Gasteiger partial charge >= 0.3 is 0 Å². The molecule has 0 radical (unpaired) electrons. The number of aromatic amines is 1. The number of para-hydroxylation sites is 1. The van der Waals surface area contributed by atoms with Gasteiger partial charge in [-0.05, 0) is 55.0 Å². The maximum atomic E-state index is 4.83. The predicted molar refractivity (Wildman–Crippen MR) is 95.2 cm³/mol. The molecule has 1 aliphatic heterocycles. The molecule has 0 atom stereocenters. The van der Waals surface area contributed by atoms with Crippen LogP contribution in [0.1, 0.15) is 42.9 Å². The molecule has 22 heavy (non-hydrogen) atoms. The van der Waals surface area contributed by atoms with Gasteiger partial charge in [-0.3, -0.25) is 4.99 Å². The molecular formula is C20H22N2. The van der Waals surface area contributed by atoms with E-state index < -0.39 is 0 Å². The van der Waals surface area contributed by atoms with Crippen molar-refractivity contribution in [3.8, 4) is 0 Å². The minimum atomic E-state index is 0.943. The fourth-order valence-electron chi connectivity index (χ4n) is 3.72. The Morgan fingerprint density at radius 3 is 2.91 bits per heavy atom. The molecule has 0 spiro atoms. The van der Waals surface area contributed by atoms with Gasteiger partial charge in [0.25, 0.3) is 0 Å². The van der Waals surface area contributed by atoms with E-state index in [1.54, 1.807) is 0 Å². The molecule has 0 fully saturated rings. The van der Waals surface area contributed by atoms with Gasteiger partial charge in [0.15, 0.2) is 0 Å². The fourth-order valence-corrected chi connectivity index (χ4v) is 3.72. The molecule has 3 aromatic rings. The van der Waals surface area contributed by atoms with Crippen molar-refractivity contribution < 1.29 is 0 Å². The lowest BCUT2D eigenvalue weighted by Crippen LogP contribution is -2.14. The highest BCUT2D eigenvalue weighted by Crippen LogP contribution is 2.33. The van der Waals surface area contributed by atoms with Gasteiger partial charge in [-0.1, -0.05) is 31.5 Å². The van der Waals surface area contributed by atoms with E-state index in [-0.39, 0.29) is 0 Å². The Morgan fingerprint density at radius 1 is 1.18 bits per heavy atom. The van der Waals surface area contributed by atoms with Crippen molar-refractivity contribution in [1.82, 2.24) is 4.98 Å². The summed E-state index contributed by atoms with van der Waals surface area (Å²) in [7, 11) is 0. The summed E-state index contributed by atoms with van der Waals surface area (Å²) in [5.41, 5.74) is 8.16. The SMILES string of the molecule is CCCCC1=NCCc2c1cc1c([nH]c3ccccc31)c2C. The van der Waals surface area contributed by atoms with Crippen LogP contribution in [0.15, 0.2) is 35.3 Å². The lowest BCUT2D eigenvalue weighted by molar-refractivity contribution is 0.820. The molecule has 1 aromatic heterocycles. The van der Waals surface area contributed by atoms with Crippen LogP contribution in [0.3, 0.4) is 0 Å². The van der Waals surface area contributed by atoms with Crippen LogP contribution in [0.5, 0.6) is 0 Å². The van der Waals surface area contributed by atoms with Crippen LogP contribution in [0.4, 0.5) is 0 Å². The van der Waals surface area contributed by atoms with Crippen molar-refractivity contribution in [2.45, 2.75) is 39.5 Å². The first kappa shape index (κ1) is 13.6. The Balaban J connectivity index is 1.98. The zero-order valence-corrected chi connectivity index (χ0v) is 13.4. The fraction of sp³-hybridized carbons (Fsp3) is 0.350. The van der Waals surface area contributed by atoms with Crippen LogP contribution in [0.25, 0.3) is 21.8 Å². The number of aromatic nitrogens is 1. The summed E-state index contributed by atoms with van der Waals surface area (Å²) in [6.45, 7) is 5.45. The Hall–Kier alpha value is -2.09. The summed E-state index contributed by atoms with van der Waals surface area (Å²) < 4.78 is 0. The molecule has 0 bridgehead atoms. The van der Waals surface area contributed by atoms with E-state index in [0.29, 0.717) is 0 Å². The number of aryl methyl sites for hydroxylation is 1. The highest BCUT2D eigenvalue weighted by molar-refractivity contribution is 6.13. The Bertz CT molecular complexity index is 883. The second kappa shape index (κ2) is 5.28. The zero-order valence-electron chi connectivity index (χ0n) is 13.4. The molecule has 2 aromatic carbocycles. The first-order chi connectivity index (χ1) is 10.8. The van der Waals surface area contributed by atoms with Gasteiger partial charge in [-0.2, -0.15) is 0 Å². The lowest BCUT2D eigenvalue weighted by atomic mass is 9.89. The minimum Gasteiger partial charge on any atom is -0.354 e. The number of nitrogens with zero attached hydrogens (tertiary/aromatic N) is 1. The summed E-state index contributed by atoms with van der Waals surface area (Å²) in [5, 5.41) is 2.67. The molecule has 2 heterocycles. The molecule has 2 nitrogen and oxygen atoms in total. The van der Waals surface area contributed by atoms with Crippen LogP contribution >= 0.6 is 0 Å². The first-order valence-corrected chi connectivity index (χ1v) is 8.36. The monoisotopic (exact) mass is 290 g/mol.